The van der Waals surface area contributed by atoms with Gasteiger partial charge >= 0.3 is 0 Å². The lowest BCUT2D eigenvalue weighted by molar-refractivity contribution is 0.0771. The molecule has 4 heteroatoms. The molecule has 1 aliphatic rings. The van der Waals surface area contributed by atoms with E-state index >= 15 is 0 Å². The lowest BCUT2D eigenvalue weighted by Crippen LogP contribution is -2.49. The molecule has 2 atom stereocenters. The van der Waals surface area contributed by atoms with Gasteiger partial charge in [-0.3, -0.25) is 9.80 Å². The normalized spacial score (nSPS) is 20.8. The Hall–Kier alpha value is -1.26. The topological polar surface area (TPSA) is 46.9 Å². The van der Waals surface area contributed by atoms with Crippen molar-refractivity contribution in [3.05, 3.63) is 23.8 Å². The maximum absolute atomic E-state index is 9.60. The third-order valence-electron chi connectivity index (χ3n) is 4.52. The van der Waals surface area contributed by atoms with E-state index in [4.69, 9.17) is 0 Å². The second-order valence-corrected chi connectivity index (χ2v) is 5.79. The minimum absolute atomic E-state index is 0.130. The van der Waals surface area contributed by atoms with E-state index in [0.29, 0.717) is 6.04 Å². The molecular formula is C16H26N2O2. The maximum Gasteiger partial charge on any atom is 0.119 e. The molecule has 2 rings (SSSR count). The molecule has 0 aliphatic carbocycles. The fourth-order valence-electron chi connectivity index (χ4n) is 2.89. The number of aromatic hydroxyl groups is 2. The van der Waals surface area contributed by atoms with Crippen LogP contribution < -0.4 is 0 Å². The van der Waals surface area contributed by atoms with Gasteiger partial charge in [-0.25, -0.2) is 0 Å². The smallest absolute Gasteiger partial charge is 0.119 e. The first-order valence-electron chi connectivity index (χ1n) is 7.52. The lowest BCUT2D eigenvalue weighted by atomic mass is 10.0. The van der Waals surface area contributed by atoms with Crippen molar-refractivity contribution < 1.29 is 10.2 Å². The van der Waals surface area contributed by atoms with Gasteiger partial charge in [-0.05, 0) is 38.0 Å². The van der Waals surface area contributed by atoms with Crippen molar-refractivity contribution in [2.45, 2.75) is 39.3 Å². The van der Waals surface area contributed by atoms with Gasteiger partial charge < -0.3 is 10.2 Å². The summed E-state index contributed by atoms with van der Waals surface area (Å²) >= 11 is 0. The van der Waals surface area contributed by atoms with E-state index in [2.05, 4.69) is 30.6 Å². The van der Waals surface area contributed by atoms with Crippen molar-refractivity contribution in [2.24, 2.45) is 0 Å². The standard InChI is InChI=1S/C16H26N2O2/c1-4-12(2)17-5-7-18(8-6-17)13(3)14-9-15(19)11-16(20)10-14/h9-13,19-20H,4-8H2,1-3H3. The maximum atomic E-state index is 9.60. The van der Waals surface area contributed by atoms with Crippen LogP contribution in [-0.2, 0) is 0 Å². The van der Waals surface area contributed by atoms with E-state index in [1.807, 2.05) is 0 Å². The summed E-state index contributed by atoms with van der Waals surface area (Å²) in [7, 11) is 0. The number of benzene rings is 1. The Bertz CT molecular complexity index is 422. The van der Waals surface area contributed by atoms with Gasteiger partial charge in [0, 0.05) is 44.3 Å². The van der Waals surface area contributed by atoms with Crippen LogP contribution in [0.2, 0.25) is 0 Å². The van der Waals surface area contributed by atoms with Gasteiger partial charge in [0.1, 0.15) is 11.5 Å². The van der Waals surface area contributed by atoms with Crippen LogP contribution in [0.25, 0.3) is 0 Å². The van der Waals surface area contributed by atoms with Gasteiger partial charge in [0.05, 0.1) is 0 Å². The second kappa shape index (κ2) is 6.46. The Morgan fingerprint density at radius 1 is 0.950 bits per heavy atom. The SMILES string of the molecule is CCC(C)N1CCN(C(C)c2cc(O)cc(O)c2)CC1. The summed E-state index contributed by atoms with van der Waals surface area (Å²) in [6, 6.07) is 5.72. The fourth-order valence-corrected chi connectivity index (χ4v) is 2.89. The number of piperazine rings is 1. The number of nitrogens with zero attached hydrogens (tertiary/aromatic N) is 2. The largest absolute Gasteiger partial charge is 0.508 e. The minimum Gasteiger partial charge on any atom is -0.508 e. The molecule has 0 spiro atoms. The predicted octanol–water partition coefficient (Wildman–Crippen LogP) is 2.57. The summed E-state index contributed by atoms with van der Waals surface area (Å²) in [4.78, 5) is 4.94. The Balaban J connectivity index is 1.99. The zero-order chi connectivity index (χ0) is 14.7. The molecule has 0 amide bonds. The number of rotatable bonds is 4. The molecule has 1 aromatic carbocycles. The Morgan fingerprint density at radius 2 is 1.45 bits per heavy atom. The van der Waals surface area contributed by atoms with Gasteiger partial charge in [0.25, 0.3) is 0 Å². The second-order valence-electron chi connectivity index (χ2n) is 5.79. The summed E-state index contributed by atoms with van der Waals surface area (Å²) in [5.41, 5.74) is 0.972. The van der Waals surface area contributed by atoms with Crippen LogP contribution >= 0.6 is 0 Å². The average Bonchev–Trinajstić information content (AvgIpc) is 2.45. The molecule has 1 heterocycles. The molecule has 1 aromatic rings. The molecular weight excluding hydrogens is 252 g/mol. The van der Waals surface area contributed by atoms with E-state index in [9.17, 15) is 10.2 Å². The lowest BCUT2D eigenvalue weighted by Gasteiger charge is -2.40. The van der Waals surface area contributed by atoms with E-state index < -0.39 is 0 Å². The van der Waals surface area contributed by atoms with Gasteiger partial charge in [0.15, 0.2) is 0 Å². The molecule has 0 saturated carbocycles. The van der Waals surface area contributed by atoms with Crippen molar-refractivity contribution in [1.29, 1.82) is 0 Å². The predicted molar refractivity (Wildman–Crippen MR) is 81.1 cm³/mol. The fraction of sp³-hybridized carbons (Fsp3) is 0.625. The first-order valence-corrected chi connectivity index (χ1v) is 7.52. The van der Waals surface area contributed by atoms with Crippen molar-refractivity contribution in [1.82, 2.24) is 9.80 Å². The number of phenolic OH excluding ortho intramolecular Hbond substituents is 2. The molecule has 0 aromatic heterocycles. The Labute approximate surface area is 121 Å². The molecule has 0 bridgehead atoms. The Kier molecular flexibility index (Phi) is 4.89. The highest BCUT2D eigenvalue weighted by Gasteiger charge is 2.24. The van der Waals surface area contributed by atoms with Gasteiger partial charge in [0.2, 0.25) is 0 Å². The molecule has 1 saturated heterocycles. The van der Waals surface area contributed by atoms with E-state index in [1.54, 1.807) is 12.1 Å². The summed E-state index contributed by atoms with van der Waals surface area (Å²) in [6.45, 7) is 10.9. The average molecular weight is 278 g/mol. The molecule has 2 unspecified atom stereocenters. The summed E-state index contributed by atoms with van der Waals surface area (Å²) in [6.07, 6.45) is 1.19. The van der Waals surface area contributed by atoms with Crippen molar-refractivity contribution in [3.8, 4) is 11.5 Å². The van der Waals surface area contributed by atoms with Gasteiger partial charge in [-0.1, -0.05) is 6.92 Å². The zero-order valence-electron chi connectivity index (χ0n) is 12.7. The highest BCUT2D eigenvalue weighted by atomic mass is 16.3. The van der Waals surface area contributed by atoms with Crippen molar-refractivity contribution >= 4 is 0 Å². The van der Waals surface area contributed by atoms with Crippen LogP contribution in [-0.4, -0.2) is 52.2 Å². The van der Waals surface area contributed by atoms with E-state index in [-0.39, 0.29) is 17.5 Å². The molecule has 2 N–H and O–H groups in total. The molecule has 1 aliphatic heterocycles. The highest BCUT2D eigenvalue weighted by Crippen LogP contribution is 2.28. The first-order chi connectivity index (χ1) is 9.51. The number of hydrogen-bond donors (Lipinski definition) is 2. The molecule has 1 fully saturated rings. The molecule has 0 radical (unpaired) electrons. The van der Waals surface area contributed by atoms with Crippen LogP contribution in [0.15, 0.2) is 18.2 Å². The van der Waals surface area contributed by atoms with E-state index in [0.717, 1.165) is 31.7 Å². The minimum atomic E-state index is 0.130. The van der Waals surface area contributed by atoms with Crippen molar-refractivity contribution in [3.63, 3.8) is 0 Å². The van der Waals surface area contributed by atoms with Crippen LogP contribution in [0.4, 0.5) is 0 Å². The molecule has 4 nitrogen and oxygen atoms in total. The van der Waals surface area contributed by atoms with Crippen LogP contribution in [0.5, 0.6) is 11.5 Å². The van der Waals surface area contributed by atoms with Gasteiger partial charge in [-0.2, -0.15) is 0 Å². The highest BCUT2D eigenvalue weighted by molar-refractivity contribution is 5.38. The number of hydrogen-bond acceptors (Lipinski definition) is 4. The summed E-state index contributed by atoms with van der Waals surface area (Å²) in [5.74, 6) is 0.259. The van der Waals surface area contributed by atoms with Crippen LogP contribution in [0.3, 0.4) is 0 Å². The summed E-state index contributed by atoms with van der Waals surface area (Å²) < 4.78 is 0. The Morgan fingerprint density at radius 3 is 1.95 bits per heavy atom. The molecule has 20 heavy (non-hydrogen) atoms. The first kappa shape index (κ1) is 15.1. The third kappa shape index (κ3) is 3.44. The zero-order valence-corrected chi connectivity index (χ0v) is 12.7. The summed E-state index contributed by atoms with van der Waals surface area (Å²) in [5, 5.41) is 19.2. The van der Waals surface area contributed by atoms with Crippen LogP contribution in [0.1, 0.15) is 38.8 Å². The van der Waals surface area contributed by atoms with E-state index in [1.165, 1.54) is 12.5 Å². The molecule has 112 valence electrons. The monoisotopic (exact) mass is 278 g/mol. The van der Waals surface area contributed by atoms with Crippen LogP contribution in [0, 0.1) is 0 Å². The third-order valence-corrected chi connectivity index (χ3v) is 4.52. The van der Waals surface area contributed by atoms with Crippen molar-refractivity contribution in [2.75, 3.05) is 26.2 Å². The van der Waals surface area contributed by atoms with Gasteiger partial charge in [-0.15, -0.1) is 0 Å². The number of phenols is 2. The quantitative estimate of drug-likeness (QED) is 0.888.